The second-order valence-corrected chi connectivity index (χ2v) is 9.99. The highest BCUT2D eigenvalue weighted by Crippen LogP contribution is 2.47. The van der Waals surface area contributed by atoms with Crippen LogP contribution < -0.4 is 4.90 Å². The Morgan fingerprint density at radius 2 is 1.97 bits per heavy atom. The van der Waals surface area contributed by atoms with Gasteiger partial charge in [-0.2, -0.15) is 0 Å². The van der Waals surface area contributed by atoms with Gasteiger partial charge in [0.25, 0.3) is 6.47 Å². The van der Waals surface area contributed by atoms with Crippen LogP contribution in [0.25, 0.3) is 22.2 Å². The largest absolute Gasteiger partial charge is 0.483 e. The van der Waals surface area contributed by atoms with Crippen molar-refractivity contribution in [2.24, 2.45) is 5.41 Å². The monoisotopic (exact) mass is 480 g/mol. The summed E-state index contributed by atoms with van der Waals surface area (Å²) >= 11 is 0. The zero-order valence-electron chi connectivity index (χ0n) is 20.2. The topological polar surface area (TPSA) is 88.6 Å². The van der Waals surface area contributed by atoms with Crippen LogP contribution in [-0.2, 0) is 4.79 Å². The van der Waals surface area contributed by atoms with Crippen LogP contribution in [-0.4, -0.2) is 88.2 Å². The summed E-state index contributed by atoms with van der Waals surface area (Å²) in [5.41, 5.74) is 4.28. The van der Waals surface area contributed by atoms with Gasteiger partial charge in [-0.05, 0) is 55.0 Å². The third-order valence-corrected chi connectivity index (χ3v) is 7.94. The average molecular weight is 481 g/mol. The summed E-state index contributed by atoms with van der Waals surface area (Å²) in [4.78, 5) is 27.9. The average Bonchev–Trinajstić information content (AvgIpc) is 3.51. The van der Waals surface area contributed by atoms with Crippen molar-refractivity contribution in [3.05, 3.63) is 42.6 Å². The van der Waals surface area contributed by atoms with Crippen molar-refractivity contribution < 1.29 is 14.3 Å². The standard InChI is InChI=1S/C25H31FN6.CH2O2/c1-2-30-15-25(16-30)6-5-20(13-25)31-7-9-32(10-8-31)24-21(12-19(26)14-27-24)18-3-4-22-23(11-18)29-17-28-22;2-1-3/h3-4,11-12,14,17,20H,2,5-10,13,15-16H2,1H3,(H,28,29);1H,(H,2,3). The van der Waals surface area contributed by atoms with E-state index in [-0.39, 0.29) is 12.3 Å². The fourth-order valence-corrected chi connectivity index (χ4v) is 6.20. The Kier molecular flexibility index (Phi) is 6.71. The molecule has 6 rings (SSSR count). The zero-order valence-corrected chi connectivity index (χ0v) is 20.2. The van der Waals surface area contributed by atoms with Crippen LogP contribution in [0.15, 0.2) is 36.8 Å². The smallest absolute Gasteiger partial charge is 0.290 e. The van der Waals surface area contributed by atoms with Crippen LogP contribution in [0.2, 0.25) is 0 Å². The van der Waals surface area contributed by atoms with Crippen LogP contribution in [0.4, 0.5) is 10.2 Å². The highest BCUT2D eigenvalue weighted by atomic mass is 19.1. The maximum Gasteiger partial charge on any atom is 0.290 e. The Balaban J connectivity index is 0.000000806. The van der Waals surface area contributed by atoms with Crippen molar-refractivity contribution in [1.82, 2.24) is 24.8 Å². The molecule has 9 heteroatoms. The van der Waals surface area contributed by atoms with Crippen molar-refractivity contribution >= 4 is 23.3 Å². The SMILES string of the molecule is CCN1CC2(CCC(N3CCN(c4ncc(F)cc4-c4ccc5nc[nH]c5c4)CC3)C2)C1.O=CO. The van der Waals surface area contributed by atoms with Gasteiger partial charge in [-0.1, -0.05) is 13.0 Å². The van der Waals surface area contributed by atoms with Crippen molar-refractivity contribution in [2.45, 2.75) is 32.2 Å². The molecular weight excluding hydrogens is 447 g/mol. The van der Waals surface area contributed by atoms with E-state index in [1.165, 1.54) is 45.1 Å². The molecule has 1 aliphatic carbocycles. The van der Waals surface area contributed by atoms with Gasteiger partial charge >= 0.3 is 0 Å². The maximum absolute atomic E-state index is 14.2. The molecule has 2 saturated heterocycles. The molecule has 1 unspecified atom stereocenters. The minimum atomic E-state index is -0.301. The molecule has 0 bridgehead atoms. The summed E-state index contributed by atoms with van der Waals surface area (Å²) in [5, 5.41) is 6.89. The maximum atomic E-state index is 14.2. The van der Waals surface area contributed by atoms with E-state index in [9.17, 15) is 4.39 Å². The molecule has 186 valence electrons. The number of anilines is 1. The molecule has 0 radical (unpaired) electrons. The zero-order chi connectivity index (χ0) is 24.4. The number of likely N-dealkylation sites (tertiary alicyclic amines) is 1. The molecule has 2 aliphatic heterocycles. The molecule has 4 heterocycles. The lowest BCUT2D eigenvalue weighted by molar-refractivity contribution is -0.122. The number of benzene rings is 1. The normalized spacial score (nSPS) is 22.1. The first-order valence-corrected chi connectivity index (χ1v) is 12.4. The molecule has 1 aromatic carbocycles. The summed E-state index contributed by atoms with van der Waals surface area (Å²) in [7, 11) is 0. The second kappa shape index (κ2) is 9.91. The molecule has 1 spiro atoms. The van der Waals surface area contributed by atoms with E-state index >= 15 is 0 Å². The molecular formula is C26H33FN6O2. The predicted octanol–water partition coefficient (Wildman–Crippen LogP) is 3.46. The Hall–Kier alpha value is -3.04. The highest BCUT2D eigenvalue weighted by Gasteiger charge is 2.48. The first kappa shape index (κ1) is 23.7. The number of carbonyl (C=O) groups is 1. The van der Waals surface area contributed by atoms with Crippen LogP contribution in [0.5, 0.6) is 0 Å². The van der Waals surface area contributed by atoms with Gasteiger partial charge in [0.1, 0.15) is 11.6 Å². The van der Waals surface area contributed by atoms with Gasteiger partial charge in [0, 0.05) is 50.9 Å². The van der Waals surface area contributed by atoms with Crippen molar-refractivity contribution in [1.29, 1.82) is 0 Å². The summed E-state index contributed by atoms with van der Waals surface area (Å²) in [6.07, 6.45) is 7.11. The lowest BCUT2D eigenvalue weighted by Gasteiger charge is -2.49. The third kappa shape index (κ3) is 4.75. The van der Waals surface area contributed by atoms with Crippen molar-refractivity contribution in [2.75, 3.05) is 50.7 Å². The Labute approximate surface area is 204 Å². The fourth-order valence-electron chi connectivity index (χ4n) is 6.20. The van der Waals surface area contributed by atoms with Crippen LogP contribution in [0.3, 0.4) is 0 Å². The summed E-state index contributed by atoms with van der Waals surface area (Å²) in [6, 6.07) is 8.36. The molecule has 2 aromatic heterocycles. The van der Waals surface area contributed by atoms with E-state index in [1.54, 1.807) is 12.4 Å². The van der Waals surface area contributed by atoms with E-state index < -0.39 is 0 Å². The summed E-state index contributed by atoms with van der Waals surface area (Å²) < 4.78 is 14.2. The number of piperazine rings is 1. The number of nitrogens with one attached hydrogen (secondary N) is 1. The Bertz CT molecular complexity index is 1170. The number of halogens is 1. The quantitative estimate of drug-likeness (QED) is 0.553. The molecule has 3 aromatic rings. The van der Waals surface area contributed by atoms with Crippen LogP contribution in [0.1, 0.15) is 26.2 Å². The van der Waals surface area contributed by atoms with Crippen LogP contribution in [0, 0.1) is 11.2 Å². The van der Waals surface area contributed by atoms with E-state index in [0.717, 1.165) is 60.2 Å². The molecule has 3 aliphatic rings. The minimum Gasteiger partial charge on any atom is -0.483 e. The van der Waals surface area contributed by atoms with Gasteiger partial charge in [-0.3, -0.25) is 9.69 Å². The predicted molar refractivity (Wildman–Crippen MR) is 134 cm³/mol. The number of hydrogen-bond acceptors (Lipinski definition) is 6. The lowest BCUT2D eigenvalue weighted by Crippen LogP contribution is -2.56. The van der Waals surface area contributed by atoms with Gasteiger partial charge in [0.05, 0.1) is 23.6 Å². The molecule has 1 atom stereocenters. The fraction of sp³-hybridized carbons (Fsp3) is 0.500. The number of nitrogens with zero attached hydrogens (tertiary/aromatic N) is 5. The first-order valence-electron chi connectivity index (χ1n) is 12.4. The number of imidazole rings is 1. The first-order chi connectivity index (χ1) is 17.0. The molecule has 35 heavy (non-hydrogen) atoms. The van der Waals surface area contributed by atoms with E-state index in [2.05, 4.69) is 36.6 Å². The van der Waals surface area contributed by atoms with E-state index in [1.807, 2.05) is 18.2 Å². The number of aromatic nitrogens is 3. The molecule has 2 N–H and O–H groups in total. The molecule has 0 amide bonds. The third-order valence-electron chi connectivity index (χ3n) is 7.94. The van der Waals surface area contributed by atoms with Gasteiger partial charge in [-0.15, -0.1) is 0 Å². The number of carboxylic acid groups (broad SMARTS) is 1. The van der Waals surface area contributed by atoms with Gasteiger partial charge in [-0.25, -0.2) is 14.4 Å². The van der Waals surface area contributed by atoms with Crippen molar-refractivity contribution in [3.8, 4) is 11.1 Å². The Morgan fingerprint density at radius 1 is 1.20 bits per heavy atom. The van der Waals surface area contributed by atoms with Crippen molar-refractivity contribution in [3.63, 3.8) is 0 Å². The summed E-state index contributed by atoms with van der Waals surface area (Å²) in [6.45, 7) is 9.76. The number of H-pyrrole nitrogens is 1. The number of rotatable bonds is 4. The number of fused-ring (bicyclic) bond motifs is 1. The van der Waals surface area contributed by atoms with Gasteiger partial charge in [0.15, 0.2) is 0 Å². The molecule has 1 saturated carbocycles. The number of aromatic amines is 1. The van der Waals surface area contributed by atoms with Gasteiger partial charge < -0.3 is 19.9 Å². The lowest BCUT2D eigenvalue weighted by atomic mass is 9.78. The van der Waals surface area contributed by atoms with E-state index in [0.29, 0.717) is 5.41 Å². The van der Waals surface area contributed by atoms with Crippen LogP contribution >= 0.6 is 0 Å². The number of pyridine rings is 1. The Morgan fingerprint density at radius 3 is 2.71 bits per heavy atom. The summed E-state index contributed by atoms with van der Waals surface area (Å²) in [5.74, 6) is 0.579. The van der Waals surface area contributed by atoms with Gasteiger partial charge in [0.2, 0.25) is 0 Å². The van der Waals surface area contributed by atoms with E-state index in [4.69, 9.17) is 9.90 Å². The molecule has 8 nitrogen and oxygen atoms in total. The minimum absolute atomic E-state index is 0.250. The number of hydrogen-bond donors (Lipinski definition) is 2. The second-order valence-electron chi connectivity index (χ2n) is 9.99. The highest BCUT2D eigenvalue weighted by molar-refractivity contribution is 5.85. The molecule has 3 fully saturated rings.